The molecule has 178 valence electrons. The first-order valence-electron chi connectivity index (χ1n) is 11.4. The van der Waals surface area contributed by atoms with Crippen LogP contribution < -0.4 is 5.73 Å². The van der Waals surface area contributed by atoms with Crippen LogP contribution in [0, 0.1) is 13.8 Å². The van der Waals surface area contributed by atoms with Crippen molar-refractivity contribution in [3.63, 3.8) is 0 Å². The van der Waals surface area contributed by atoms with E-state index in [2.05, 4.69) is 11.0 Å². The fraction of sp³-hybridized carbons (Fsp3) is 0.286. The number of hydrogen-bond acceptors (Lipinski definition) is 4. The Balaban J connectivity index is 0.000000271. The largest absolute Gasteiger partial charge is 0.478 e. The molecule has 0 bridgehead atoms. The molecule has 3 aromatic carbocycles. The summed E-state index contributed by atoms with van der Waals surface area (Å²) in [6, 6.07) is 20.4. The third-order valence-corrected chi connectivity index (χ3v) is 6.12. The lowest BCUT2D eigenvalue weighted by Crippen LogP contribution is -2.33. The number of carbonyl (C=O) groups is 2. The summed E-state index contributed by atoms with van der Waals surface area (Å²) in [5.41, 5.74) is 11.9. The smallest absolute Gasteiger partial charge is 0.335 e. The number of carboxylic acids is 2. The van der Waals surface area contributed by atoms with Crippen LogP contribution in [0.1, 0.15) is 61.7 Å². The SMILES string of the molecule is Cc1ccc(C(=O)O)c(C2CCN(Cc3cccc(N)c3)CC2)c1.Cc1ccc(C(=O)O)cc1. The van der Waals surface area contributed by atoms with E-state index in [0.717, 1.165) is 54.9 Å². The van der Waals surface area contributed by atoms with E-state index < -0.39 is 11.9 Å². The summed E-state index contributed by atoms with van der Waals surface area (Å²) in [7, 11) is 0. The summed E-state index contributed by atoms with van der Waals surface area (Å²) in [4.78, 5) is 24.2. The van der Waals surface area contributed by atoms with E-state index in [0.29, 0.717) is 17.0 Å². The molecular formula is C28H32N2O4. The molecule has 4 N–H and O–H groups in total. The number of anilines is 1. The van der Waals surface area contributed by atoms with Crippen LogP contribution >= 0.6 is 0 Å². The van der Waals surface area contributed by atoms with Crippen LogP contribution in [0.2, 0.25) is 0 Å². The van der Waals surface area contributed by atoms with Crippen LogP contribution in [0.5, 0.6) is 0 Å². The van der Waals surface area contributed by atoms with Gasteiger partial charge in [-0.25, -0.2) is 9.59 Å². The molecule has 6 heteroatoms. The summed E-state index contributed by atoms with van der Waals surface area (Å²) in [6.07, 6.45) is 1.98. The van der Waals surface area contributed by atoms with Gasteiger partial charge in [0.15, 0.2) is 0 Å². The topological polar surface area (TPSA) is 104 Å². The zero-order valence-corrected chi connectivity index (χ0v) is 19.7. The lowest BCUT2D eigenvalue weighted by Gasteiger charge is -2.33. The molecule has 0 spiro atoms. The summed E-state index contributed by atoms with van der Waals surface area (Å²) in [5.74, 6) is -1.37. The molecule has 3 aromatic rings. The lowest BCUT2D eigenvalue weighted by molar-refractivity contribution is 0.0684. The van der Waals surface area contributed by atoms with E-state index in [9.17, 15) is 14.7 Å². The van der Waals surface area contributed by atoms with Crippen LogP contribution in [-0.4, -0.2) is 40.1 Å². The number of benzene rings is 3. The van der Waals surface area contributed by atoms with Gasteiger partial charge in [0.05, 0.1) is 11.1 Å². The van der Waals surface area contributed by atoms with Crippen LogP contribution in [0.25, 0.3) is 0 Å². The van der Waals surface area contributed by atoms with Gasteiger partial charge in [-0.15, -0.1) is 0 Å². The molecule has 4 rings (SSSR count). The second kappa shape index (κ2) is 11.5. The van der Waals surface area contributed by atoms with Crippen LogP contribution in [0.3, 0.4) is 0 Å². The summed E-state index contributed by atoms with van der Waals surface area (Å²) in [5, 5.41) is 17.9. The maximum Gasteiger partial charge on any atom is 0.335 e. The number of nitrogens with two attached hydrogens (primary N) is 1. The second-order valence-electron chi connectivity index (χ2n) is 8.86. The summed E-state index contributed by atoms with van der Waals surface area (Å²) >= 11 is 0. The van der Waals surface area contributed by atoms with Gasteiger partial charge in [-0.05, 0) is 87.2 Å². The predicted molar refractivity (Wildman–Crippen MR) is 134 cm³/mol. The van der Waals surface area contributed by atoms with Crippen molar-refractivity contribution in [3.05, 3.63) is 100 Å². The zero-order chi connectivity index (χ0) is 24.7. The monoisotopic (exact) mass is 460 g/mol. The Morgan fingerprint density at radius 2 is 1.53 bits per heavy atom. The predicted octanol–water partition coefficient (Wildman–Crippen LogP) is 5.35. The number of hydrogen-bond donors (Lipinski definition) is 3. The van der Waals surface area contributed by atoms with Crippen molar-refractivity contribution in [1.29, 1.82) is 0 Å². The van der Waals surface area contributed by atoms with E-state index in [1.807, 2.05) is 44.2 Å². The van der Waals surface area contributed by atoms with Gasteiger partial charge in [-0.3, -0.25) is 4.90 Å². The first-order valence-corrected chi connectivity index (χ1v) is 11.4. The molecule has 1 fully saturated rings. The van der Waals surface area contributed by atoms with Crippen LogP contribution in [0.15, 0.2) is 66.7 Å². The van der Waals surface area contributed by atoms with Gasteiger partial charge < -0.3 is 15.9 Å². The highest BCUT2D eigenvalue weighted by Crippen LogP contribution is 2.31. The number of aromatic carboxylic acids is 2. The van der Waals surface area contributed by atoms with E-state index >= 15 is 0 Å². The van der Waals surface area contributed by atoms with Crippen molar-refractivity contribution >= 4 is 17.6 Å². The maximum atomic E-state index is 11.5. The molecule has 1 saturated heterocycles. The van der Waals surface area contributed by atoms with Crippen molar-refractivity contribution in [2.24, 2.45) is 0 Å². The van der Waals surface area contributed by atoms with Crippen LogP contribution in [-0.2, 0) is 6.54 Å². The second-order valence-corrected chi connectivity index (χ2v) is 8.86. The van der Waals surface area contributed by atoms with Gasteiger partial charge in [0.1, 0.15) is 0 Å². The lowest BCUT2D eigenvalue weighted by atomic mass is 9.85. The highest BCUT2D eigenvalue weighted by Gasteiger charge is 2.24. The number of piperidine rings is 1. The number of carboxylic acid groups (broad SMARTS) is 2. The van der Waals surface area contributed by atoms with Crippen molar-refractivity contribution in [1.82, 2.24) is 4.90 Å². The van der Waals surface area contributed by atoms with Gasteiger partial charge >= 0.3 is 11.9 Å². The Hall–Kier alpha value is -3.64. The van der Waals surface area contributed by atoms with E-state index in [1.54, 1.807) is 30.3 Å². The van der Waals surface area contributed by atoms with Crippen molar-refractivity contribution in [3.8, 4) is 0 Å². The van der Waals surface area contributed by atoms with Crippen molar-refractivity contribution in [2.45, 2.75) is 39.2 Å². The quantitative estimate of drug-likeness (QED) is 0.444. The van der Waals surface area contributed by atoms with Gasteiger partial charge in [0.25, 0.3) is 0 Å². The summed E-state index contributed by atoms with van der Waals surface area (Å²) < 4.78 is 0. The Bertz CT molecular complexity index is 1130. The molecular weight excluding hydrogens is 428 g/mol. The Morgan fingerprint density at radius 1 is 0.882 bits per heavy atom. The highest BCUT2D eigenvalue weighted by atomic mass is 16.4. The third kappa shape index (κ3) is 6.93. The minimum absolute atomic E-state index is 0.327. The average molecular weight is 461 g/mol. The number of nitrogen functional groups attached to an aromatic ring is 1. The van der Waals surface area contributed by atoms with Gasteiger partial charge in [-0.2, -0.15) is 0 Å². The minimum atomic E-state index is -0.875. The molecule has 0 aliphatic carbocycles. The van der Waals surface area contributed by atoms with Gasteiger partial charge in [0.2, 0.25) is 0 Å². The fourth-order valence-electron chi connectivity index (χ4n) is 4.26. The highest BCUT2D eigenvalue weighted by molar-refractivity contribution is 5.89. The molecule has 1 heterocycles. The molecule has 34 heavy (non-hydrogen) atoms. The molecule has 0 saturated carbocycles. The molecule has 0 atom stereocenters. The molecule has 0 radical (unpaired) electrons. The normalized spacial score (nSPS) is 14.2. The molecule has 6 nitrogen and oxygen atoms in total. The zero-order valence-electron chi connectivity index (χ0n) is 19.7. The standard InChI is InChI=1S/C20H24N2O2.C8H8O2/c1-14-5-6-18(20(23)24)19(11-14)16-7-9-22(10-8-16)13-15-3-2-4-17(21)12-15;1-6-2-4-7(5-3-6)8(9)10/h2-6,11-12,16H,7-10,13,21H2,1H3,(H,23,24);2-5H,1H3,(H,9,10). The van der Waals surface area contributed by atoms with Gasteiger partial charge in [0, 0.05) is 12.2 Å². The van der Waals surface area contributed by atoms with Crippen molar-refractivity contribution < 1.29 is 19.8 Å². The number of rotatable bonds is 5. The number of aryl methyl sites for hydroxylation is 2. The van der Waals surface area contributed by atoms with Gasteiger partial charge in [-0.1, -0.05) is 47.5 Å². The Kier molecular flexibility index (Phi) is 8.44. The molecule has 1 aliphatic rings. The van der Waals surface area contributed by atoms with Crippen molar-refractivity contribution in [2.75, 3.05) is 18.8 Å². The molecule has 0 aromatic heterocycles. The maximum absolute atomic E-state index is 11.5. The molecule has 0 unspecified atom stereocenters. The number of nitrogens with zero attached hydrogens (tertiary/aromatic N) is 1. The fourth-order valence-corrected chi connectivity index (χ4v) is 4.26. The average Bonchev–Trinajstić information content (AvgIpc) is 2.80. The Morgan fingerprint density at radius 3 is 2.12 bits per heavy atom. The first kappa shape index (κ1) is 25.0. The van der Waals surface area contributed by atoms with Crippen LogP contribution in [0.4, 0.5) is 5.69 Å². The Labute approximate surface area is 200 Å². The van der Waals surface area contributed by atoms with E-state index in [1.165, 1.54) is 5.56 Å². The molecule has 1 aliphatic heterocycles. The minimum Gasteiger partial charge on any atom is -0.478 e. The summed E-state index contributed by atoms with van der Waals surface area (Å²) in [6.45, 7) is 6.80. The number of likely N-dealkylation sites (tertiary alicyclic amines) is 1. The third-order valence-electron chi connectivity index (χ3n) is 6.12. The van der Waals surface area contributed by atoms with E-state index in [-0.39, 0.29) is 0 Å². The molecule has 0 amide bonds. The van der Waals surface area contributed by atoms with E-state index in [4.69, 9.17) is 10.8 Å². The first-order chi connectivity index (χ1) is 16.2.